The molecule has 1 aromatic carbocycles. The number of aromatic hydroxyl groups is 2. The fraction of sp³-hybridized carbons (Fsp3) is 0.500. The predicted molar refractivity (Wildman–Crippen MR) is 72.4 cm³/mol. The minimum atomic E-state index is -0.255. The molecule has 1 fully saturated rings. The highest BCUT2D eigenvalue weighted by atomic mass is 16.3. The van der Waals surface area contributed by atoms with Crippen LogP contribution in [0.2, 0.25) is 0 Å². The third kappa shape index (κ3) is 2.98. The Morgan fingerprint density at radius 1 is 1.37 bits per heavy atom. The zero-order chi connectivity index (χ0) is 14.0. The van der Waals surface area contributed by atoms with E-state index < -0.39 is 0 Å². The van der Waals surface area contributed by atoms with E-state index in [1.54, 1.807) is 6.07 Å². The second-order valence-corrected chi connectivity index (χ2v) is 5.26. The van der Waals surface area contributed by atoms with Crippen molar-refractivity contribution in [2.75, 3.05) is 27.2 Å². The van der Waals surface area contributed by atoms with Crippen LogP contribution in [-0.4, -0.2) is 59.1 Å². The van der Waals surface area contributed by atoms with Crippen molar-refractivity contribution in [2.24, 2.45) is 0 Å². The number of phenols is 2. The highest BCUT2D eigenvalue weighted by molar-refractivity contribution is 5.95. The Balaban J connectivity index is 2.16. The number of likely N-dealkylation sites (tertiary alicyclic amines) is 1. The highest BCUT2D eigenvalue weighted by Gasteiger charge is 2.29. The number of nitrogens with zero attached hydrogens (tertiary/aromatic N) is 2. The fourth-order valence-electron chi connectivity index (χ4n) is 2.54. The van der Waals surface area contributed by atoms with Gasteiger partial charge in [0.25, 0.3) is 5.91 Å². The molecule has 1 amide bonds. The summed E-state index contributed by atoms with van der Waals surface area (Å²) in [7, 11) is 3.99. The Hall–Kier alpha value is -1.75. The van der Waals surface area contributed by atoms with Crippen LogP contribution in [0.3, 0.4) is 0 Å². The average molecular weight is 264 g/mol. The van der Waals surface area contributed by atoms with Crippen LogP contribution in [0.4, 0.5) is 0 Å². The van der Waals surface area contributed by atoms with Crippen molar-refractivity contribution in [3.63, 3.8) is 0 Å². The molecule has 1 unspecified atom stereocenters. The molecule has 0 aliphatic carbocycles. The lowest BCUT2D eigenvalue weighted by Gasteiger charge is -2.27. The predicted octanol–water partition coefficient (Wildman–Crippen LogP) is 1.26. The zero-order valence-corrected chi connectivity index (χ0v) is 11.3. The van der Waals surface area contributed by atoms with E-state index in [0.717, 1.165) is 25.9 Å². The molecule has 2 rings (SSSR count). The average Bonchev–Trinajstić information content (AvgIpc) is 2.79. The molecule has 0 radical (unpaired) electrons. The van der Waals surface area contributed by atoms with Crippen LogP contribution in [0.25, 0.3) is 0 Å². The molecule has 0 spiro atoms. The summed E-state index contributed by atoms with van der Waals surface area (Å²) in [4.78, 5) is 16.3. The molecule has 1 saturated heterocycles. The van der Waals surface area contributed by atoms with E-state index in [0.29, 0.717) is 5.56 Å². The number of hydrogen-bond donors (Lipinski definition) is 2. The molecule has 1 aliphatic heterocycles. The summed E-state index contributed by atoms with van der Waals surface area (Å²) in [5, 5.41) is 18.8. The number of hydrogen-bond acceptors (Lipinski definition) is 4. The Labute approximate surface area is 113 Å². The third-order valence-electron chi connectivity index (χ3n) is 3.44. The second kappa shape index (κ2) is 5.48. The monoisotopic (exact) mass is 264 g/mol. The number of phenolic OH excluding ortho intramolecular Hbond substituents is 2. The number of carbonyl (C=O) groups is 1. The molecule has 19 heavy (non-hydrogen) atoms. The van der Waals surface area contributed by atoms with Crippen LogP contribution in [-0.2, 0) is 0 Å². The molecule has 1 heterocycles. The first-order valence-corrected chi connectivity index (χ1v) is 6.46. The zero-order valence-electron chi connectivity index (χ0n) is 11.3. The Morgan fingerprint density at radius 3 is 2.74 bits per heavy atom. The van der Waals surface area contributed by atoms with Gasteiger partial charge in [0.05, 0.1) is 0 Å². The molecule has 5 nitrogen and oxygen atoms in total. The molecule has 104 valence electrons. The minimum absolute atomic E-state index is 0.0837. The van der Waals surface area contributed by atoms with Crippen LogP contribution in [0.5, 0.6) is 11.5 Å². The lowest BCUT2D eigenvalue weighted by molar-refractivity contribution is 0.0716. The van der Waals surface area contributed by atoms with E-state index in [1.807, 2.05) is 19.0 Å². The van der Waals surface area contributed by atoms with Crippen molar-refractivity contribution in [3.05, 3.63) is 23.8 Å². The molecule has 1 atom stereocenters. The van der Waals surface area contributed by atoms with Gasteiger partial charge >= 0.3 is 0 Å². The molecular weight excluding hydrogens is 244 g/mol. The summed E-state index contributed by atoms with van der Waals surface area (Å²) in [6.07, 6.45) is 2.02. The lowest BCUT2D eigenvalue weighted by atomic mass is 10.1. The van der Waals surface area contributed by atoms with Gasteiger partial charge < -0.3 is 20.0 Å². The fourth-order valence-corrected chi connectivity index (χ4v) is 2.54. The van der Waals surface area contributed by atoms with Crippen molar-refractivity contribution in [1.29, 1.82) is 0 Å². The van der Waals surface area contributed by atoms with Gasteiger partial charge in [0.2, 0.25) is 0 Å². The molecule has 0 aromatic heterocycles. The largest absolute Gasteiger partial charge is 0.504 e. The summed E-state index contributed by atoms with van der Waals surface area (Å²) in [6.45, 7) is 1.59. The van der Waals surface area contributed by atoms with Crippen LogP contribution >= 0.6 is 0 Å². The van der Waals surface area contributed by atoms with Gasteiger partial charge in [0.15, 0.2) is 11.5 Å². The topological polar surface area (TPSA) is 64.0 Å². The summed E-state index contributed by atoms with van der Waals surface area (Å²) in [6, 6.07) is 4.43. The molecule has 2 N–H and O–H groups in total. The highest BCUT2D eigenvalue weighted by Crippen LogP contribution is 2.27. The molecule has 0 bridgehead atoms. The first-order valence-electron chi connectivity index (χ1n) is 6.46. The summed E-state index contributed by atoms with van der Waals surface area (Å²) < 4.78 is 0. The van der Waals surface area contributed by atoms with Crippen LogP contribution in [0.1, 0.15) is 23.2 Å². The van der Waals surface area contributed by atoms with Crippen molar-refractivity contribution in [3.8, 4) is 11.5 Å². The Morgan fingerprint density at radius 2 is 2.11 bits per heavy atom. The smallest absolute Gasteiger partial charge is 0.254 e. The maximum absolute atomic E-state index is 12.4. The first kappa shape index (κ1) is 13.7. The maximum Gasteiger partial charge on any atom is 0.254 e. The van der Waals surface area contributed by atoms with E-state index >= 15 is 0 Å². The first-order chi connectivity index (χ1) is 8.99. The SMILES string of the molecule is CN(C)CC1CCCN1C(=O)c1ccc(O)c(O)c1. The summed E-state index contributed by atoms with van der Waals surface area (Å²) in [5.74, 6) is -0.545. The molecule has 1 aliphatic rings. The van der Waals surface area contributed by atoms with Gasteiger partial charge in [0, 0.05) is 24.7 Å². The van der Waals surface area contributed by atoms with Gasteiger partial charge in [-0.25, -0.2) is 0 Å². The van der Waals surface area contributed by atoms with Crippen LogP contribution < -0.4 is 0 Å². The van der Waals surface area contributed by atoms with Gasteiger partial charge in [0.1, 0.15) is 0 Å². The van der Waals surface area contributed by atoms with Crippen molar-refractivity contribution in [1.82, 2.24) is 9.80 Å². The van der Waals surface area contributed by atoms with Gasteiger partial charge in [-0.1, -0.05) is 0 Å². The van der Waals surface area contributed by atoms with Gasteiger partial charge in [-0.3, -0.25) is 4.79 Å². The van der Waals surface area contributed by atoms with Crippen molar-refractivity contribution >= 4 is 5.91 Å². The van der Waals surface area contributed by atoms with Gasteiger partial charge in [-0.05, 0) is 45.1 Å². The van der Waals surface area contributed by atoms with Crippen LogP contribution in [0.15, 0.2) is 18.2 Å². The quantitative estimate of drug-likeness (QED) is 0.807. The normalized spacial score (nSPS) is 19.1. The maximum atomic E-state index is 12.4. The van der Waals surface area contributed by atoms with Gasteiger partial charge in [-0.2, -0.15) is 0 Å². The van der Waals surface area contributed by atoms with Crippen molar-refractivity contribution < 1.29 is 15.0 Å². The van der Waals surface area contributed by atoms with E-state index in [9.17, 15) is 15.0 Å². The molecular formula is C14H20N2O3. The Kier molecular flexibility index (Phi) is 3.95. The second-order valence-electron chi connectivity index (χ2n) is 5.26. The lowest BCUT2D eigenvalue weighted by Crippen LogP contribution is -2.41. The number of benzene rings is 1. The number of amides is 1. The molecule has 5 heteroatoms. The number of rotatable bonds is 3. The van der Waals surface area contributed by atoms with Crippen LogP contribution in [0, 0.1) is 0 Å². The van der Waals surface area contributed by atoms with Crippen molar-refractivity contribution in [2.45, 2.75) is 18.9 Å². The van der Waals surface area contributed by atoms with E-state index in [2.05, 4.69) is 4.90 Å². The summed E-state index contributed by atoms with van der Waals surface area (Å²) >= 11 is 0. The van der Waals surface area contributed by atoms with E-state index in [-0.39, 0.29) is 23.4 Å². The number of likely N-dealkylation sites (N-methyl/N-ethyl adjacent to an activating group) is 1. The number of carbonyl (C=O) groups excluding carboxylic acids is 1. The van der Waals surface area contributed by atoms with E-state index in [1.165, 1.54) is 12.1 Å². The Bertz CT molecular complexity index is 474. The van der Waals surface area contributed by atoms with E-state index in [4.69, 9.17) is 0 Å². The summed E-state index contributed by atoms with van der Waals surface area (Å²) in [5.41, 5.74) is 0.418. The van der Waals surface area contributed by atoms with Gasteiger partial charge in [-0.15, -0.1) is 0 Å². The molecule has 0 saturated carbocycles. The minimum Gasteiger partial charge on any atom is -0.504 e. The standard InChI is InChI=1S/C14H20N2O3/c1-15(2)9-11-4-3-7-16(11)14(19)10-5-6-12(17)13(18)8-10/h5-6,8,11,17-18H,3-4,7,9H2,1-2H3. The molecule has 1 aromatic rings. The third-order valence-corrected chi connectivity index (χ3v) is 3.44.